The normalized spacial score (nSPS) is 9.20. The molecule has 0 atom stereocenters. The zero-order valence-corrected chi connectivity index (χ0v) is 8.48. The fourth-order valence-corrected chi connectivity index (χ4v) is 0.830. The maximum Gasteiger partial charge on any atom is 0.250 e. The number of anilines is 1. The van der Waals surface area contributed by atoms with E-state index in [4.69, 9.17) is 9.47 Å². The van der Waals surface area contributed by atoms with Crippen molar-refractivity contribution in [2.75, 3.05) is 19.5 Å². The summed E-state index contributed by atoms with van der Waals surface area (Å²) in [6.45, 7) is 3.31. The van der Waals surface area contributed by atoms with Gasteiger partial charge in [0.1, 0.15) is 0 Å². The van der Waals surface area contributed by atoms with Crippen LogP contribution in [0.15, 0.2) is 18.7 Å². The minimum atomic E-state index is -0.398. The molecule has 1 heterocycles. The van der Waals surface area contributed by atoms with E-state index < -0.39 is 5.91 Å². The summed E-state index contributed by atoms with van der Waals surface area (Å²) in [5, 5.41) is 2.40. The third-order valence-corrected chi connectivity index (χ3v) is 1.52. The number of rotatable bonds is 4. The highest BCUT2D eigenvalue weighted by Crippen LogP contribution is 2.16. The Morgan fingerprint density at radius 3 is 2.33 bits per heavy atom. The lowest BCUT2D eigenvalue weighted by Crippen LogP contribution is -2.11. The van der Waals surface area contributed by atoms with E-state index in [0.29, 0.717) is 11.8 Å². The number of amides is 1. The number of ether oxygens (including phenoxy) is 2. The van der Waals surface area contributed by atoms with E-state index in [1.807, 2.05) is 0 Å². The first-order valence-corrected chi connectivity index (χ1v) is 4.10. The molecule has 0 bridgehead atoms. The van der Waals surface area contributed by atoms with Gasteiger partial charge in [0.15, 0.2) is 0 Å². The SMILES string of the molecule is C=CC(=O)Nc1nc(OC)cc(OC)n1. The zero-order chi connectivity index (χ0) is 11.3. The fourth-order valence-electron chi connectivity index (χ4n) is 0.830. The van der Waals surface area contributed by atoms with E-state index in [2.05, 4.69) is 21.9 Å². The molecule has 0 saturated heterocycles. The summed E-state index contributed by atoms with van der Waals surface area (Å²) in [5.74, 6) is 0.323. The van der Waals surface area contributed by atoms with Gasteiger partial charge in [-0.1, -0.05) is 6.58 Å². The van der Waals surface area contributed by atoms with Crippen LogP contribution < -0.4 is 14.8 Å². The summed E-state index contributed by atoms with van der Waals surface area (Å²) in [4.78, 5) is 18.8. The Morgan fingerprint density at radius 2 is 1.93 bits per heavy atom. The molecule has 0 aliphatic rings. The Hall–Kier alpha value is -2.11. The van der Waals surface area contributed by atoms with Gasteiger partial charge < -0.3 is 9.47 Å². The van der Waals surface area contributed by atoms with Crippen LogP contribution in [0.4, 0.5) is 5.95 Å². The lowest BCUT2D eigenvalue weighted by Gasteiger charge is -2.05. The van der Waals surface area contributed by atoms with E-state index in [1.54, 1.807) is 0 Å². The summed E-state index contributed by atoms with van der Waals surface area (Å²) in [6.07, 6.45) is 1.12. The van der Waals surface area contributed by atoms with Gasteiger partial charge in [-0.15, -0.1) is 0 Å². The van der Waals surface area contributed by atoms with Gasteiger partial charge in [0, 0.05) is 0 Å². The van der Waals surface area contributed by atoms with Gasteiger partial charge in [0.2, 0.25) is 23.6 Å². The number of nitrogens with one attached hydrogen (secondary N) is 1. The second-order valence-corrected chi connectivity index (χ2v) is 2.47. The second kappa shape index (κ2) is 4.94. The third-order valence-electron chi connectivity index (χ3n) is 1.52. The van der Waals surface area contributed by atoms with E-state index in [9.17, 15) is 4.79 Å². The van der Waals surface area contributed by atoms with Crippen LogP contribution in [0.2, 0.25) is 0 Å². The molecular formula is C9H11N3O3. The van der Waals surface area contributed by atoms with Crippen molar-refractivity contribution in [2.24, 2.45) is 0 Å². The Labute approximate surface area is 86.9 Å². The molecule has 0 unspecified atom stereocenters. The Kier molecular flexibility index (Phi) is 3.61. The molecule has 0 radical (unpaired) electrons. The quantitative estimate of drug-likeness (QED) is 0.736. The lowest BCUT2D eigenvalue weighted by atomic mass is 10.5. The van der Waals surface area contributed by atoms with Crippen LogP contribution in [0.3, 0.4) is 0 Å². The number of hydrogen-bond acceptors (Lipinski definition) is 5. The molecule has 0 spiro atoms. The van der Waals surface area contributed by atoms with E-state index in [0.717, 1.165) is 6.08 Å². The number of nitrogens with zero attached hydrogens (tertiary/aromatic N) is 2. The summed E-state index contributed by atoms with van der Waals surface area (Å²) in [6, 6.07) is 1.50. The average molecular weight is 209 g/mol. The van der Waals surface area contributed by atoms with Gasteiger partial charge in [-0.2, -0.15) is 9.97 Å². The van der Waals surface area contributed by atoms with Crippen LogP contribution in [-0.2, 0) is 4.79 Å². The second-order valence-electron chi connectivity index (χ2n) is 2.47. The molecule has 1 amide bonds. The standard InChI is InChI=1S/C9H11N3O3/c1-4-6(13)10-9-11-7(14-2)5-8(12-9)15-3/h4-5H,1H2,2-3H3,(H,10,11,12,13). The monoisotopic (exact) mass is 209 g/mol. The molecule has 1 rings (SSSR count). The van der Waals surface area contributed by atoms with Crippen molar-refractivity contribution in [2.45, 2.75) is 0 Å². The van der Waals surface area contributed by atoms with Gasteiger partial charge in [-0.3, -0.25) is 10.1 Å². The number of hydrogen-bond donors (Lipinski definition) is 1. The van der Waals surface area contributed by atoms with Crippen molar-refractivity contribution >= 4 is 11.9 Å². The van der Waals surface area contributed by atoms with Crippen LogP contribution in [-0.4, -0.2) is 30.1 Å². The molecule has 0 fully saturated rings. The highest BCUT2D eigenvalue weighted by Gasteiger charge is 2.06. The zero-order valence-electron chi connectivity index (χ0n) is 8.48. The smallest absolute Gasteiger partial charge is 0.250 e. The average Bonchev–Trinajstić information content (AvgIpc) is 2.28. The van der Waals surface area contributed by atoms with Crippen molar-refractivity contribution < 1.29 is 14.3 Å². The predicted octanol–water partition coefficient (Wildman–Crippen LogP) is 0.618. The number of aromatic nitrogens is 2. The molecular weight excluding hydrogens is 198 g/mol. The van der Waals surface area contributed by atoms with Crippen LogP contribution in [0.25, 0.3) is 0 Å². The maximum atomic E-state index is 11.0. The van der Waals surface area contributed by atoms with Gasteiger partial charge in [0.05, 0.1) is 20.3 Å². The molecule has 6 heteroatoms. The fraction of sp³-hybridized carbons (Fsp3) is 0.222. The molecule has 1 aromatic heterocycles. The highest BCUT2D eigenvalue weighted by atomic mass is 16.5. The Balaban J connectivity index is 2.96. The first-order chi connectivity index (χ1) is 7.19. The number of methoxy groups -OCH3 is 2. The maximum absolute atomic E-state index is 11.0. The van der Waals surface area contributed by atoms with Crippen molar-refractivity contribution in [1.82, 2.24) is 9.97 Å². The summed E-state index contributed by atoms with van der Waals surface area (Å²) in [7, 11) is 2.92. The van der Waals surface area contributed by atoms with E-state index >= 15 is 0 Å². The molecule has 15 heavy (non-hydrogen) atoms. The molecule has 0 aromatic carbocycles. The lowest BCUT2D eigenvalue weighted by molar-refractivity contribution is -0.111. The largest absolute Gasteiger partial charge is 0.481 e. The third kappa shape index (κ3) is 2.94. The number of carbonyl (C=O) groups excluding carboxylic acids is 1. The minimum absolute atomic E-state index is 0.108. The predicted molar refractivity (Wildman–Crippen MR) is 54.0 cm³/mol. The van der Waals surface area contributed by atoms with Crippen LogP contribution in [0.1, 0.15) is 0 Å². The van der Waals surface area contributed by atoms with Crippen molar-refractivity contribution in [1.29, 1.82) is 0 Å². The first-order valence-electron chi connectivity index (χ1n) is 4.10. The molecule has 1 aromatic rings. The van der Waals surface area contributed by atoms with Crippen LogP contribution in [0.5, 0.6) is 11.8 Å². The Bertz CT molecular complexity index is 357. The van der Waals surface area contributed by atoms with E-state index in [1.165, 1.54) is 20.3 Å². The summed E-state index contributed by atoms with van der Waals surface area (Å²) in [5.41, 5.74) is 0. The van der Waals surface area contributed by atoms with Gasteiger partial charge >= 0.3 is 0 Å². The molecule has 80 valence electrons. The van der Waals surface area contributed by atoms with Gasteiger partial charge in [-0.25, -0.2) is 0 Å². The Morgan fingerprint density at radius 1 is 1.40 bits per heavy atom. The topological polar surface area (TPSA) is 73.3 Å². The van der Waals surface area contributed by atoms with Crippen molar-refractivity contribution in [3.05, 3.63) is 18.7 Å². The highest BCUT2D eigenvalue weighted by molar-refractivity contribution is 5.97. The summed E-state index contributed by atoms with van der Waals surface area (Å²) >= 11 is 0. The van der Waals surface area contributed by atoms with Crippen LogP contribution in [0, 0.1) is 0 Å². The molecule has 6 nitrogen and oxygen atoms in total. The molecule has 0 saturated carbocycles. The van der Waals surface area contributed by atoms with Crippen LogP contribution >= 0.6 is 0 Å². The van der Waals surface area contributed by atoms with Crippen molar-refractivity contribution in [3.63, 3.8) is 0 Å². The number of carbonyl (C=O) groups is 1. The molecule has 0 aliphatic carbocycles. The van der Waals surface area contributed by atoms with Gasteiger partial charge in [-0.05, 0) is 6.08 Å². The van der Waals surface area contributed by atoms with E-state index in [-0.39, 0.29) is 5.95 Å². The molecule has 0 aliphatic heterocycles. The van der Waals surface area contributed by atoms with Gasteiger partial charge in [0.25, 0.3) is 0 Å². The first kappa shape index (κ1) is 11.0. The van der Waals surface area contributed by atoms with Crippen molar-refractivity contribution in [3.8, 4) is 11.8 Å². The summed E-state index contributed by atoms with van der Waals surface area (Å²) < 4.78 is 9.81. The minimum Gasteiger partial charge on any atom is -0.481 e. The molecule has 1 N–H and O–H groups in total.